The second-order valence-corrected chi connectivity index (χ2v) is 4.75. The molecule has 0 aliphatic heterocycles. The summed E-state index contributed by atoms with van der Waals surface area (Å²) in [6.07, 6.45) is 0. The van der Waals surface area contributed by atoms with Gasteiger partial charge in [-0.2, -0.15) is 0 Å². The Kier molecular flexibility index (Phi) is 2.91. The number of anilines is 1. The van der Waals surface area contributed by atoms with Gasteiger partial charge in [0.2, 0.25) is 0 Å². The van der Waals surface area contributed by atoms with Crippen molar-refractivity contribution >= 4 is 32.7 Å². The van der Waals surface area contributed by atoms with E-state index in [4.69, 9.17) is 0 Å². The molecular formula is C12H13BrN2. The van der Waals surface area contributed by atoms with E-state index in [1.807, 2.05) is 18.2 Å². The van der Waals surface area contributed by atoms with Crippen LogP contribution >= 0.6 is 15.9 Å². The van der Waals surface area contributed by atoms with Gasteiger partial charge in [-0.05, 0) is 38.1 Å². The highest BCUT2D eigenvalue weighted by molar-refractivity contribution is 9.10. The molecule has 0 saturated carbocycles. The standard InChI is InChI=1S/C12H13BrN2/c1-8(2)14-12-6-4-9-3-5-10(13)7-11(9)15-12/h3-8H,1-2H3,(H,14,15). The lowest BCUT2D eigenvalue weighted by Gasteiger charge is -2.09. The van der Waals surface area contributed by atoms with Crippen LogP contribution in [0.2, 0.25) is 0 Å². The summed E-state index contributed by atoms with van der Waals surface area (Å²) in [5.41, 5.74) is 1.01. The monoisotopic (exact) mass is 264 g/mol. The van der Waals surface area contributed by atoms with E-state index in [1.54, 1.807) is 0 Å². The van der Waals surface area contributed by atoms with E-state index in [9.17, 15) is 0 Å². The van der Waals surface area contributed by atoms with Crippen molar-refractivity contribution in [3.05, 3.63) is 34.8 Å². The Hall–Kier alpha value is -1.09. The first-order valence-corrected chi connectivity index (χ1v) is 5.77. The molecule has 0 radical (unpaired) electrons. The van der Waals surface area contributed by atoms with E-state index in [0.29, 0.717) is 6.04 Å². The van der Waals surface area contributed by atoms with Crippen molar-refractivity contribution in [1.29, 1.82) is 0 Å². The first-order valence-electron chi connectivity index (χ1n) is 4.98. The van der Waals surface area contributed by atoms with E-state index in [0.717, 1.165) is 21.2 Å². The van der Waals surface area contributed by atoms with Crippen LogP contribution in [0.1, 0.15) is 13.8 Å². The number of aromatic nitrogens is 1. The molecule has 2 rings (SSSR count). The predicted molar refractivity (Wildman–Crippen MR) is 68.2 cm³/mol. The number of benzene rings is 1. The number of nitrogens with one attached hydrogen (secondary N) is 1. The summed E-state index contributed by atoms with van der Waals surface area (Å²) in [4.78, 5) is 4.54. The van der Waals surface area contributed by atoms with E-state index in [2.05, 4.69) is 52.2 Å². The van der Waals surface area contributed by atoms with Crippen LogP contribution in [-0.4, -0.2) is 11.0 Å². The minimum Gasteiger partial charge on any atom is -0.368 e. The fourth-order valence-corrected chi connectivity index (χ4v) is 1.82. The van der Waals surface area contributed by atoms with Crippen molar-refractivity contribution < 1.29 is 0 Å². The van der Waals surface area contributed by atoms with E-state index < -0.39 is 0 Å². The molecule has 1 heterocycles. The van der Waals surface area contributed by atoms with Gasteiger partial charge in [-0.3, -0.25) is 0 Å². The fraction of sp³-hybridized carbons (Fsp3) is 0.250. The maximum Gasteiger partial charge on any atom is 0.126 e. The summed E-state index contributed by atoms with van der Waals surface area (Å²) in [6.45, 7) is 4.21. The van der Waals surface area contributed by atoms with Crippen LogP contribution in [0.15, 0.2) is 34.8 Å². The average Bonchev–Trinajstić information content (AvgIpc) is 2.16. The molecule has 0 amide bonds. The molecule has 1 aromatic carbocycles. The summed E-state index contributed by atoms with van der Waals surface area (Å²) >= 11 is 3.45. The molecule has 3 heteroatoms. The number of halogens is 1. The lowest BCUT2D eigenvalue weighted by molar-refractivity contribution is 0.891. The molecule has 15 heavy (non-hydrogen) atoms. The first kappa shape index (κ1) is 10.4. The molecule has 0 aliphatic carbocycles. The molecule has 78 valence electrons. The van der Waals surface area contributed by atoms with Gasteiger partial charge in [0.25, 0.3) is 0 Å². The zero-order valence-corrected chi connectivity index (χ0v) is 10.4. The van der Waals surface area contributed by atoms with Gasteiger partial charge in [0.05, 0.1) is 5.52 Å². The van der Waals surface area contributed by atoms with Gasteiger partial charge in [-0.1, -0.05) is 22.0 Å². The minimum atomic E-state index is 0.405. The highest BCUT2D eigenvalue weighted by atomic mass is 79.9. The van der Waals surface area contributed by atoms with Crippen LogP contribution in [0.25, 0.3) is 10.9 Å². The largest absolute Gasteiger partial charge is 0.368 e. The number of fused-ring (bicyclic) bond motifs is 1. The lowest BCUT2D eigenvalue weighted by atomic mass is 10.2. The number of pyridine rings is 1. The Bertz CT molecular complexity index is 480. The van der Waals surface area contributed by atoms with Crippen molar-refractivity contribution in [2.45, 2.75) is 19.9 Å². The van der Waals surface area contributed by atoms with Gasteiger partial charge < -0.3 is 5.32 Å². The molecular weight excluding hydrogens is 252 g/mol. The Morgan fingerprint density at radius 3 is 2.67 bits per heavy atom. The van der Waals surface area contributed by atoms with Crippen molar-refractivity contribution in [1.82, 2.24) is 4.98 Å². The summed E-state index contributed by atoms with van der Waals surface area (Å²) in [5, 5.41) is 4.45. The molecule has 1 aromatic heterocycles. The number of hydrogen-bond donors (Lipinski definition) is 1. The molecule has 0 atom stereocenters. The molecule has 0 aliphatic rings. The first-order chi connectivity index (χ1) is 7.15. The van der Waals surface area contributed by atoms with Gasteiger partial charge in [-0.15, -0.1) is 0 Å². The molecule has 2 nitrogen and oxygen atoms in total. The van der Waals surface area contributed by atoms with Crippen LogP contribution in [-0.2, 0) is 0 Å². The summed E-state index contributed by atoms with van der Waals surface area (Å²) in [7, 11) is 0. The highest BCUT2D eigenvalue weighted by Gasteiger charge is 2.00. The second-order valence-electron chi connectivity index (χ2n) is 3.83. The van der Waals surface area contributed by atoms with Crippen molar-refractivity contribution in [2.24, 2.45) is 0 Å². The Labute approximate surface area is 97.8 Å². The van der Waals surface area contributed by atoms with Crippen molar-refractivity contribution in [3.63, 3.8) is 0 Å². The number of nitrogens with zero attached hydrogens (tertiary/aromatic N) is 1. The molecule has 2 aromatic rings. The Morgan fingerprint density at radius 1 is 1.20 bits per heavy atom. The van der Waals surface area contributed by atoms with E-state index >= 15 is 0 Å². The van der Waals surface area contributed by atoms with Crippen molar-refractivity contribution in [3.8, 4) is 0 Å². The molecule has 0 bridgehead atoms. The number of hydrogen-bond acceptors (Lipinski definition) is 2. The molecule has 0 saturated heterocycles. The van der Waals surface area contributed by atoms with Gasteiger partial charge in [0, 0.05) is 15.9 Å². The summed E-state index contributed by atoms with van der Waals surface area (Å²) in [6, 6.07) is 10.6. The van der Waals surface area contributed by atoms with Crippen LogP contribution in [0.5, 0.6) is 0 Å². The number of rotatable bonds is 2. The van der Waals surface area contributed by atoms with Crippen LogP contribution < -0.4 is 5.32 Å². The van der Waals surface area contributed by atoms with Crippen molar-refractivity contribution in [2.75, 3.05) is 5.32 Å². The third kappa shape index (κ3) is 2.48. The molecule has 0 unspecified atom stereocenters. The maximum atomic E-state index is 4.54. The normalized spacial score (nSPS) is 10.9. The maximum absolute atomic E-state index is 4.54. The SMILES string of the molecule is CC(C)Nc1ccc2ccc(Br)cc2n1. The second kappa shape index (κ2) is 4.19. The van der Waals surface area contributed by atoms with Gasteiger partial charge >= 0.3 is 0 Å². The Morgan fingerprint density at radius 2 is 1.93 bits per heavy atom. The zero-order valence-electron chi connectivity index (χ0n) is 8.79. The predicted octanol–water partition coefficient (Wildman–Crippen LogP) is 3.82. The smallest absolute Gasteiger partial charge is 0.126 e. The third-order valence-corrected chi connectivity index (χ3v) is 2.58. The lowest BCUT2D eigenvalue weighted by Crippen LogP contribution is -2.10. The average molecular weight is 265 g/mol. The quantitative estimate of drug-likeness (QED) is 0.892. The van der Waals surface area contributed by atoms with Gasteiger partial charge in [-0.25, -0.2) is 4.98 Å². The summed E-state index contributed by atoms with van der Waals surface area (Å²) < 4.78 is 1.06. The van der Waals surface area contributed by atoms with E-state index in [-0.39, 0.29) is 0 Å². The summed E-state index contributed by atoms with van der Waals surface area (Å²) in [5.74, 6) is 0.926. The fourth-order valence-electron chi connectivity index (χ4n) is 1.47. The molecule has 1 N–H and O–H groups in total. The zero-order chi connectivity index (χ0) is 10.8. The van der Waals surface area contributed by atoms with Gasteiger partial charge in [0.15, 0.2) is 0 Å². The molecule has 0 fully saturated rings. The minimum absolute atomic E-state index is 0.405. The highest BCUT2D eigenvalue weighted by Crippen LogP contribution is 2.20. The Balaban J connectivity index is 2.45. The van der Waals surface area contributed by atoms with Crippen LogP contribution in [0.4, 0.5) is 5.82 Å². The van der Waals surface area contributed by atoms with Gasteiger partial charge in [0.1, 0.15) is 5.82 Å². The van der Waals surface area contributed by atoms with E-state index in [1.165, 1.54) is 0 Å². The van der Waals surface area contributed by atoms with Crippen LogP contribution in [0, 0.1) is 0 Å². The third-order valence-electron chi connectivity index (χ3n) is 2.09. The molecule has 0 spiro atoms. The topological polar surface area (TPSA) is 24.9 Å². The van der Waals surface area contributed by atoms with Crippen LogP contribution in [0.3, 0.4) is 0 Å².